The average molecular weight is 264 g/mol. The highest BCUT2D eigenvalue weighted by atomic mass is 16.4. The molecule has 0 aromatic heterocycles. The molecule has 1 amide bonds. The molecule has 0 radical (unpaired) electrons. The summed E-state index contributed by atoms with van der Waals surface area (Å²) in [6.07, 6.45) is 0.762. The summed E-state index contributed by atoms with van der Waals surface area (Å²) in [7, 11) is 0. The van der Waals surface area contributed by atoms with Gasteiger partial charge in [-0.15, -0.1) is 0 Å². The molecule has 5 heteroatoms. The number of rotatable bonds is 6. The van der Waals surface area contributed by atoms with Gasteiger partial charge in [-0.1, -0.05) is 50.6 Å². The van der Waals surface area contributed by atoms with Gasteiger partial charge in [0.15, 0.2) is 6.04 Å². The molecule has 5 nitrogen and oxygen atoms in total. The first-order chi connectivity index (χ1) is 8.97. The molecule has 0 unspecified atom stereocenters. The van der Waals surface area contributed by atoms with Crippen LogP contribution in [0.25, 0.3) is 0 Å². The van der Waals surface area contributed by atoms with Crippen LogP contribution in [-0.4, -0.2) is 23.0 Å². The lowest BCUT2D eigenvalue weighted by molar-refractivity contribution is -0.142. The Morgan fingerprint density at radius 2 is 1.89 bits per heavy atom. The summed E-state index contributed by atoms with van der Waals surface area (Å²) in [5, 5.41) is 11.7. The summed E-state index contributed by atoms with van der Waals surface area (Å²) in [5.41, 5.74) is 6.32. The van der Waals surface area contributed by atoms with Gasteiger partial charge in [0.05, 0.1) is 6.04 Å². The molecule has 19 heavy (non-hydrogen) atoms. The van der Waals surface area contributed by atoms with E-state index in [-0.39, 0.29) is 5.92 Å². The third-order valence-electron chi connectivity index (χ3n) is 3.23. The number of hydrogen-bond donors (Lipinski definition) is 3. The Balaban J connectivity index is 2.81. The van der Waals surface area contributed by atoms with Gasteiger partial charge in [0.25, 0.3) is 0 Å². The molecule has 0 bridgehead atoms. The third kappa shape index (κ3) is 4.06. The lowest BCUT2D eigenvalue weighted by Gasteiger charge is -2.21. The molecular formula is C14H20N2O3. The number of carboxylic acid groups (broad SMARTS) is 1. The van der Waals surface area contributed by atoms with Crippen molar-refractivity contribution in [2.45, 2.75) is 32.4 Å². The fourth-order valence-corrected chi connectivity index (χ4v) is 1.68. The van der Waals surface area contributed by atoms with E-state index >= 15 is 0 Å². The maximum absolute atomic E-state index is 11.9. The van der Waals surface area contributed by atoms with E-state index in [4.69, 9.17) is 5.73 Å². The number of nitrogens with two attached hydrogens (primary N) is 1. The first kappa shape index (κ1) is 15.2. The Morgan fingerprint density at radius 1 is 1.32 bits per heavy atom. The second-order valence-electron chi connectivity index (χ2n) is 4.60. The normalized spacial score (nSPS) is 15.3. The number of hydrogen-bond acceptors (Lipinski definition) is 3. The van der Waals surface area contributed by atoms with Gasteiger partial charge in [-0.2, -0.15) is 0 Å². The largest absolute Gasteiger partial charge is 0.479 e. The Hall–Kier alpha value is -1.88. The van der Waals surface area contributed by atoms with Gasteiger partial charge in [0, 0.05) is 0 Å². The van der Waals surface area contributed by atoms with Crippen molar-refractivity contribution in [1.82, 2.24) is 5.32 Å². The van der Waals surface area contributed by atoms with Gasteiger partial charge in [-0.3, -0.25) is 4.79 Å². The standard InChI is InChI=1S/C14H20N2O3/c1-3-9(2)11(15)13(17)16-12(14(18)19)10-7-5-4-6-8-10/h4-9,11-12H,3,15H2,1-2H3,(H,16,17)(H,18,19)/t9-,11-,12+/m0/s1. The van der Waals surface area contributed by atoms with Crippen LogP contribution in [0.15, 0.2) is 30.3 Å². The molecule has 4 N–H and O–H groups in total. The molecule has 0 saturated carbocycles. The van der Waals surface area contributed by atoms with Crippen molar-refractivity contribution < 1.29 is 14.7 Å². The SMILES string of the molecule is CC[C@H](C)[C@H](N)C(=O)N[C@@H](C(=O)O)c1ccccc1. The average Bonchev–Trinajstić information content (AvgIpc) is 2.43. The summed E-state index contributed by atoms with van der Waals surface area (Å²) in [5.74, 6) is -1.54. The van der Waals surface area contributed by atoms with Gasteiger partial charge in [0.1, 0.15) is 0 Å². The first-order valence-electron chi connectivity index (χ1n) is 6.31. The second kappa shape index (κ2) is 6.89. The van der Waals surface area contributed by atoms with Crippen LogP contribution in [0.1, 0.15) is 31.9 Å². The highest BCUT2D eigenvalue weighted by molar-refractivity contribution is 5.87. The molecular weight excluding hydrogens is 244 g/mol. The van der Waals surface area contributed by atoms with E-state index in [9.17, 15) is 14.7 Å². The highest BCUT2D eigenvalue weighted by Gasteiger charge is 2.26. The van der Waals surface area contributed by atoms with Crippen molar-refractivity contribution in [3.05, 3.63) is 35.9 Å². The van der Waals surface area contributed by atoms with Crippen LogP contribution in [0.4, 0.5) is 0 Å². The predicted molar refractivity (Wildman–Crippen MR) is 72.4 cm³/mol. The molecule has 104 valence electrons. The fourth-order valence-electron chi connectivity index (χ4n) is 1.68. The van der Waals surface area contributed by atoms with Gasteiger partial charge in [-0.25, -0.2) is 4.79 Å². The molecule has 1 rings (SSSR count). The van der Waals surface area contributed by atoms with Crippen molar-refractivity contribution in [1.29, 1.82) is 0 Å². The molecule has 3 atom stereocenters. The predicted octanol–water partition coefficient (Wildman–Crippen LogP) is 1.30. The Labute approximate surface area is 112 Å². The molecule has 0 aliphatic carbocycles. The minimum Gasteiger partial charge on any atom is -0.479 e. The zero-order valence-electron chi connectivity index (χ0n) is 11.2. The van der Waals surface area contributed by atoms with Crippen LogP contribution in [0, 0.1) is 5.92 Å². The summed E-state index contributed by atoms with van der Waals surface area (Å²) in [4.78, 5) is 23.2. The minimum atomic E-state index is -1.10. The number of nitrogens with one attached hydrogen (secondary N) is 1. The maximum atomic E-state index is 11.9. The topological polar surface area (TPSA) is 92.4 Å². The molecule has 0 aliphatic heterocycles. The molecule has 0 heterocycles. The number of carbonyl (C=O) groups is 2. The van der Waals surface area contributed by atoms with Crippen LogP contribution in [0.5, 0.6) is 0 Å². The molecule has 1 aromatic rings. The van der Waals surface area contributed by atoms with E-state index in [0.717, 1.165) is 6.42 Å². The van der Waals surface area contributed by atoms with Crippen LogP contribution in [0.2, 0.25) is 0 Å². The van der Waals surface area contributed by atoms with E-state index in [0.29, 0.717) is 5.56 Å². The summed E-state index contributed by atoms with van der Waals surface area (Å²) < 4.78 is 0. The number of carbonyl (C=O) groups excluding carboxylic acids is 1. The van der Waals surface area contributed by atoms with Gasteiger partial charge in [-0.05, 0) is 11.5 Å². The third-order valence-corrected chi connectivity index (χ3v) is 3.23. The van der Waals surface area contributed by atoms with Gasteiger partial charge < -0.3 is 16.2 Å². The van der Waals surface area contributed by atoms with Gasteiger partial charge >= 0.3 is 5.97 Å². The Kier molecular flexibility index (Phi) is 5.51. The van der Waals surface area contributed by atoms with Crippen LogP contribution in [0.3, 0.4) is 0 Å². The summed E-state index contributed by atoms with van der Waals surface area (Å²) in [6.45, 7) is 3.80. The second-order valence-corrected chi connectivity index (χ2v) is 4.60. The molecule has 1 aromatic carbocycles. The summed E-state index contributed by atoms with van der Waals surface area (Å²) >= 11 is 0. The van der Waals surface area contributed by atoms with Crippen molar-refractivity contribution in [2.24, 2.45) is 11.7 Å². The number of benzene rings is 1. The lowest BCUT2D eigenvalue weighted by Crippen LogP contribution is -2.47. The summed E-state index contributed by atoms with van der Waals surface area (Å²) in [6, 6.07) is 6.80. The van der Waals surface area contributed by atoms with E-state index in [2.05, 4.69) is 5.32 Å². The monoisotopic (exact) mass is 264 g/mol. The van der Waals surface area contributed by atoms with Crippen molar-refractivity contribution in [2.75, 3.05) is 0 Å². The van der Waals surface area contributed by atoms with Gasteiger partial charge in [0.2, 0.25) is 5.91 Å². The van der Waals surface area contributed by atoms with Crippen molar-refractivity contribution in [3.8, 4) is 0 Å². The smallest absolute Gasteiger partial charge is 0.330 e. The van der Waals surface area contributed by atoms with E-state index in [1.165, 1.54) is 0 Å². The number of aliphatic carboxylic acids is 1. The van der Waals surface area contributed by atoms with E-state index in [1.54, 1.807) is 30.3 Å². The minimum absolute atomic E-state index is 0.00483. The quantitative estimate of drug-likeness (QED) is 0.722. The van der Waals surface area contributed by atoms with Crippen molar-refractivity contribution in [3.63, 3.8) is 0 Å². The zero-order valence-corrected chi connectivity index (χ0v) is 11.2. The Morgan fingerprint density at radius 3 is 2.37 bits per heavy atom. The molecule has 0 fully saturated rings. The van der Waals surface area contributed by atoms with Crippen LogP contribution >= 0.6 is 0 Å². The maximum Gasteiger partial charge on any atom is 0.330 e. The fraction of sp³-hybridized carbons (Fsp3) is 0.429. The number of amides is 1. The highest BCUT2D eigenvalue weighted by Crippen LogP contribution is 2.14. The Bertz CT molecular complexity index is 434. The van der Waals surface area contributed by atoms with E-state index < -0.39 is 24.0 Å². The van der Waals surface area contributed by atoms with Crippen molar-refractivity contribution >= 4 is 11.9 Å². The van der Waals surface area contributed by atoms with Crippen LogP contribution in [-0.2, 0) is 9.59 Å². The molecule has 0 aliphatic rings. The lowest BCUT2D eigenvalue weighted by atomic mass is 9.98. The number of carboxylic acids is 1. The molecule has 0 saturated heterocycles. The van der Waals surface area contributed by atoms with E-state index in [1.807, 2.05) is 13.8 Å². The van der Waals surface area contributed by atoms with Crippen LogP contribution < -0.4 is 11.1 Å². The molecule has 0 spiro atoms. The zero-order chi connectivity index (χ0) is 14.4. The first-order valence-corrected chi connectivity index (χ1v) is 6.31.